The van der Waals surface area contributed by atoms with E-state index in [1.54, 1.807) is 24.3 Å². The third-order valence-corrected chi connectivity index (χ3v) is 5.93. The highest BCUT2D eigenvalue weighted by atomic mass is 35.5. The maximum Gasteiger partial charge on any atom is 0.125 e. The van der Waals surface area contributed by atoms with Crippen LogP contribution < -0.4 is 10.1 Å². The lowest BCUT2D eigenvalue weighted by Gasteiger charge is -2.17. The van der Waals surface area contributed by atoms with Crippen molar-refractivity contribution >= 4 is 62.9 Å². The van der Waals surface area contributed by atoms with Crippen LogP contribution in [-0.2, 0) is 13.2 Å². The fourth-order valence-electron chi connectivity index (χ4n) is 3.24. The van der Waals surface area contributed by atoms with Gasteiger partial charge in [0.1, 0.15) is 12.4 Å². The van der Waals surface area contributed by atoms with Gasteiger partial charge < -0.3 is 10.1 Å². The summed E-state index contributed by atoms with van der Waals surface area (Å²) in [7, 11) is 0. The second-order valence-electron chi connectivity index (χ2n) is 6.77. The Hall–Kier alpha value is -2.10. The minimum absolute atomic E-state index is 0.333. The summed E-state index contributed by atoms with van der Waals surface area (Å²) in [6, 6.07) is 22.9. The highest BCUT2D eigenvalue weighted by molar-refractivity contribution is 6.35. The molecule has 2 nitrogen and oxygen atoms in total. The smallest absolute Gasteiger partial charge is 0.125 e. The molecule has 0 bridgehead atoms. The van der Waals surface area contributed by atoms with E-state index < -0.39 is 0 Å². The van der Waals surface area contributed by atoms with Gasteiger partial charge in [-0.15, -0.1) is 0 Å². The first-order chi connectivity index (χ1) is 14.5. The molecule has 152 valence electrons. The Kier molecular flexibility index (Phi) is 6.60. The van der Waals surface area contributed by atoms with E-state index in [9.17, 15) is 0 Å². The Balaban J connectivity index is 1.64. The Morgan fingerprint density at radius 1 is 0.733 bits per heavy atom. The van der Waals surface area contributed by atoms with E-state index in [-0.39, 0.29) is 0 Å². The van der Waals surface area contributed by atoms with Crippen LogP contribution in [0.5, 0.6) is 5.75 Å². The van der Waals surface area contributed by atoms with Gasteiger partial charge in [-0.1, -0.05) is 82.8 Å². The van der Waals surface area contributed by atoms with Crippen LogP contribution in [-0.4, -0.2) is 0 Å². The first kappa shape index (κ1) is 21.1. The zero-order valence-corrected chi connectivity index (χ0v) is 18.8. The van der Waals surface area contributed by atoms with Crippen molar-refractivity contribution in [3.8, 4) is 5.75 Å². The molecule has 0 aliphatic carbocycles. The summed E-state index contributed by atoms with van der Waals surface area (Å²) in [6.07, 6.45) is 0. The third kappa shape index (κ3) is 4.79. The summed E-state index contributed by atoms with van der Waals surface area (Å²) in [5.41, 5.74) is 2.66. The summed E-state index contributed by atoms with van der Waals surface area (Å²) in [5.74, 6) is 0.769. The standard InChI is InChI=1S/C24H17Cl4NO/c25-17-7-5-16(22(28)11-17)14-30-24-10-6-15-3-1-2-4-19(15)20(24)13-29-23-12-18(26)8-9-21(23)27/h1-12,29H,13-14H2. The van der Waals surface area contributed by atoms with Crippen molar-refractivity contribution in [1.29, 1.82) is 0 Å². The summed E-state index contributed by atoms with van der Waals surface area (Å²) in [5, 5.41) is 8.01. The maximum atomic E-state index is 6.31. The molecule has 0 amide bonds. The second-order valence-corrected chi connectivity index (χ2v) is 8.45. The molecule has 30 heavy (non-hydrogen) atoms. The second kappa shape index (κ2) is 9.36. The van der Waals surface area contributed by atoms with Crippen LogP contribution in [0.3, 0.4) is 0 Å². The Labute approximate surface area is 195 Å². The van der Waals surface area contributed by atoms with Gasteiger partial charge >= 0.3 is 0 Å². The lowest BCUT2D eigenvalue weighted by molar-refractivity contribution is 0.304. The summed E-state index contributed by atoms with van der Waals surface area (Å²) < 4.78 is 6.17. The Morgan fingerprint density at radius 2 is 1.50 bits per heavy atom. The van der Waals surface area contributed by atoms with Gasteiger partial charge in [0, 0.05) is 32.7 Å². The van der Waals surface area contributed by atoms with Crippen LogP contribution in [0.1, 0.15) is 11.1 Å². The molecule has 0 radical (unpaired) electrons. The fraction of sp³-hybridized carbons (Fsp3) is 0.0833. The number of ether oxygens (including phenoxy) is 1. The number of nitrogens with one attached hydrogen (secondary N) is 1. The van der Waals surface area contributed by atoms with Crippen LogP contribution in [0.15, 0.2) is 72.8 Å². The highest BCUT2D eigenvalue weighted by Crippen LogP contribution is 2.32. The molecule has 0 unspecified atom stereocenters. The lowest BCUT2D eigenvalue weighted by Crippen LogP contribution is -2.05. The predicted octanol–water partition coefficient (Wildman–Crippen LogP) is 8.64. The molecule has 0 saturated heterocycles. The first-order valence-corrected chi connectivity index (χ1v) is 10.8. The largest absolute Gasteiger partial charge is 0.488 e. The van der Waals surface area contributed by atoms with E-state index in [2.05, 4.69) is 17.4 Å². The molecule has 0 heterocycles. The zero-order valence-electron chi connectivity index (χ0n) is 15.8. The molecule has 4 aromatic rings. The number of anilines is 1. The molecule has 1 N–H and O–H groups in total. The number of benzene rings is 4. The van der Waals surface area contributed by atoms with Gasteiger partial charge in [0.15, 0.2) is 0 Å². The van der Waals surface area contributed by atoms with Gasteiger partial charge in [-0.3, -0.25) is 0 Å². The molecule has 6 heteroatoms. The van der Waals surface area contributed by atoms with E-state index in [1.165, 1.54) is 0 Å². The van der Waals surface area contributed by atoms with E-state index in [4.69, 9.17) is 51.1 Å². The van der Waals surface area contributed by atoms with Crippen LogP contribution >= 0.6 is 46.4 Å². The Morgan fingerprint density at radius 3 is 2.33 bits per heavy atom. The van der Waals surface area contributed by atoms with E-state index in [0.29, 0.717) is 33.2 Å². The summed E-state index contributed by atoms with van der Waals surface area (Å²) >= 11 is 24.7. The van der Waals surface area contributed by atoms with Crippen LogP contribution in [0.4, 0.5) is 5.69 Å². The van der Waals surface area contributed by atoms with E-state index in [1.807, 2.05) is 36.4 Å². The van der Waals surface area contributed by atoms with Gasteiger partial charge in [-0.05, 0) is 47.2 Å². The molecule has 0 aliphatic heterocycles. The van der Waals surface area contributed by atoms with Crippen molar-refractivity contribution in [2.45, 2.75) is 13.2 Å². The molecule has 0 aromatic heterocycles. The highest BCUT2D eigenvalue weighted by Gasteiger charge is 2.11. The van der Waals surface area contributed by atoms with Gasteiger partial charge in [0.2, 0.25) is 0 Å². The molecule has 4 aromatic carbocycles. The van der Waals surface area contributed by atoms with Gasteiger partial charge in [-0.2, -0.15) is 0 Å². The third-order valence-electron chi connectivity index (χ3n) is 4.78. The molecule has 0 fully saturated rings. The van der Waals surface area contributed by atoms with E-state index >= 15 is 0 Å². The summed E-state index contributed by atoms with van der Waals surface area (Å²) in [4.78, 5) is 0. The average molecular weight is 477 g/mol. The van der Waals surface area contributed by atoms with Gasteiger partial charge in [-0.25, -0.2) is 0 Å². The Bertz CT molecular complexity index is 1210. The lowest BCUT2D eigenvalue weighted by atomic mass is 10.0. The molecule has 0 aliphatic rings. The molecule has 0 spiro atoms. The number of fused-ring (bicyclic) bond motifs is 1. The molecule has 4 rings (SSSR count). The van der Waals surface area contributed by atoms with Crippen molar-refractivity contribution in [3.05, 3.63) is 104 Å². The maximum absolute atomic E-state index is 6.31. The minimum Gasteiger partial charge on any atom is -0.488 e. The minimum atomic E-state index is 0.333. The van der Waals surface area contributed by atoms with Gasteiger partial charge in [0.25, 0.3) is 0 Å². The fourth-order valence-corrected chi connectivity index (χ4v) is 4.06. The van der Waals surface area contributed by atoms with Crippen molar-refractivity contribution in [3.63, 3.8) is 0 Å². The normalized spacial score (nSPS) is 10.9. The molecule has 0 atom stereocenters. The number of hydrogen-bond acceptors (Lipinski definition) is 2. The monoisotopic (exact) mass is 475 g/mol. The van der Waals surface area contributed by atoms with E-state index in [0.717, 1.165) is 33.3 Å². The average Bonchev–Trinajstić information content (AvgIpc) is 2.74. The molecular weight excluding hydrogens is 460 g/mol. The quantitative estimate of drug-likeness (QED) is 0.300. The van der Waals surface area contributed by atoms with Crippen LogP contribution in [0.2, 0.25) is 20.1 Å². The van der Waals surface area contributed by atoms with Gasteiger partial charge in [0.05, 0.1) is 10.7 Å². The zero-order chi connectivity index (χ0) is 21.1. The molecule has 0 saturated carbocycles. The molecular formula is C24H17Cl4NO. The topological polar surface area (TPSA) is 21.3 Å². The van der Waals surface area contributed by atoms with Crippen molar-refractivity contribution in [2.75, 3.05) is 5.32 Å². The van der Waals surface area contributed by atoms with Crippen molar-refractivity contribution in [1.82, 2.24) is 0 Å². The summed E-state index contributed by atoms with van der Waals surface area (Å²) in [6.45, 7) is 0.852. The van der Waals surface area contributed by atoms with Crippen molar-refractivity contribution < 1.29 is 4.74 Å². The SMILES string of the molecule is Clc1ccc(COc2ccc3ccccc3c2CNc2cc(Cl)ccc2Cl)c(Cl)c1. The first-order valence-electron chi connectivity index (χ1n) is 9.27. The van der Waals surface area contributed by atoms with Crippen LogP contribution in [0.25, 0.3) is 10.8 Å². The predicted molar refractivity (Wildman–Crippen MR) is 129 cm³/mol. The number of hydrogen-bond donors (Lipinski definition) is 1. The number of halogens is 4. The van der Waals surface area contributed by atoms with Crippen LogP contribution in [0, 0.1) is 0 Å². The number of rotatable bonds is 6. The van der Waals surface area contributed by atoms with Crippen molar-refractivity contribution in [2.24, 2.45) is 0 Å².